The third-order valence-electron chi connectivity index (χ3n) is 6.00. The van der Waals surface area contributed by atoms with Crippen molar-refractivity contribution < 1.29 is 4.79 Å². The average molecular weight is 418 g/mol. The lowest BCUT2D eigenvalue weighted by atomic mass is 9.77. The van der Waals surface area contributed by atoms with Crippen LogP contribution in [-0.2, 0) is 0 Å². The molecule has 0 bridgehead atoms. The first-order valence-electron chi connectivity index (χ1n) is 9.61. The number of nitrogens with zero attached hydrogens (tertiary/aromatic N) is 3. The number of anilines is 2. The number of nitrogens with two attached hydrogens (primary N) is 2. The average Bonchev–Trinajstić information content (AvgIpc) is 3.13. The van der Waals surface area contributed by atoms with E-state index in [0.717, 1.165) is 18.9 Å². The number of carbonyl (C=O) groups is 1. The van der Waals surface area contributed by atoms with Crippen LogP contribution in [0.1, 0.15) is 48.9 Å². The summed E-state index contributed by atoms with van der Waals surface area (Å²) in [5.74, 6) is 0.628. The molecule has 1 amide bonds. The largest absolute Gasteiger partial charge is 0.381 e. The Morgan fingerprint density at radius 3 is 2.54 bits per heavy atom. The van der Waals surface area contributed by atoms with Gasteiger partial charge in [-0.25, -0.2) is 9.97 Å². The van der Waals surface area contributed by atoms with Gasteiger partial charge in [0.25, 0.3) is 0 Å². The molecular formula is C20H24ClN5OS. The highest BCUT2D eigenvalue weighted by Crippen LogP contribution is 2.46. The summed E-state index contributed by atoms with van der Waals surface area (Å²) in [4.78, 5) is 23.5. The summed E-state index contributed by atoms with van der Waals surface area (Å²) in [6.45, 7) is 2.01. The van der Waals surface area contributed by atoms with Crippen LogP contribution < -0.4 is 16.4 Å². The van der Waals surface area contributed by atoms with Gasteiger partial charge >= 0.3 is 0 Å². The summed E-state index contributed by atoms with van der Waals surface area (Å²) in [6.07, 6.45) is 9.71. The highest BCUT2D eigenvalue weighted by molar-refractivity contribution is 7.99. The minimum Gasteiger partial charge on any atom is -0.381 e. The van der Waals surface area contributed by atoms with Crippen molar-refractivity contribution in [3.05, 3.63) is 35.0 Å². The molecule has 1 aromatic heterocycles. The number of nitrogen functional groups attached to an aromatic ring is 1. The van der Waals surface area contributed by atoms with Crippen molar-refractivity contribution >= 4 is 40.9 Å². The predicted molar refractivity (Wildman–Crippen MR) is 113 cm³/mol. The van der Waals surface area contributed by atoms with Crippen molar-refractivity contribution in [1.82, 2.24) is 9.97 Å². The summed E-state index contributed by atoms with van der Waals surface area (Å²) in [5, 5.41) is 0.875. The number of primary amides is 1. The smallest absolute Gasteiger partial charge is 0.250 e. The first-order chi connectivity index (χ1) is 13.5. The van der Waals surface area contributed by atoms with Crippen molar-refractivity contribution in [1.29, 1.82) is 0 Å². The highest BCUT2D eigenvalue weighted by Gasteiger charge is 2.37. The van der Waals surface area contributed by atoms with Crippen LogP contribution in [0.3, 0.4) is 0 Å². The lowest BCUT2D eigenvalue weighted by Gasteiger charge is -2.39. The molecular weight excluding hydrogens is 394 g/mol. The molecule has 8 heteroatoms. The molecule has 6 nitrogen and oxygen atoms in total. The molecule has 1 aromatic carbocycles. The number of hydrogen-bond donors (Lipinski definition) is 2. The molecule has 1 spiro atoms. The van der Waals surface area contributed by atoms with E-state index in [1.54, 1.807) is 24.4 Å². The van der Waals surface area contributed by atoms with Gasteiger partial charge in [0.1, 0.15) is 10.8 Å². The number of aromatic nitrogens is 2. The molecule has 4 N–H and O–H groups in total. The van der Waals surface area contributed by atoms with E-state index >= 15 is 0 Å². The van der Waals surface area contributed by atoms with E-state index in [0.29, 0.717) is 26.2 Å². The molecule has 148 valence electrons. The normalized spacial score (nSPS) is 18.5. The molecule has 28 heavy (non-hydrogen) atoms. The molecule has 1 saturated heterocycles. The summed E-state index contributed by atoms with van der Waals surface area (Å²) in [5.41, 5.74) is 12.4. The number of benzene rings is 1. The first kappa shape index (κ1) is 19.3. The second-order valence-electron chi connectivity index (χ2n) is 7.70. The van der Waals surface area contributed by atoms with Crippen LogP contribution in [0.4, 0.5) is 11.6 Å². The number of rotatable bonds is 4. The third-order valence-corrected chi connectivity index (χ3v) is 7.59. The molecule has 1 aliphatic heterocycles. The van der Waals surface area contributed by atoms with Gasteiger partial charge in [0, 0.05) is 18.0 Å². The van der Waals surface area contributed by atoms with E-state index < -0.39 is 5.91 Å². The number of piperidine rings is 1. The summed E-state index contributed by atoms with van der Waals surface area (Å²) >= 11 is 7.59. The molecule has 4 rings (SSSR count). The first-order valence-corrected chi connectivity index (χ1v) is 10.8. The maximum atomic E-state index is 11.5. The quantitative estimate of drug-likeness (QED) is 0.776. The van der Waals surface area contributed by atoms with Gasteiger partial charge in [-0.2, -0.15) is 0 Å². The summed E-state index contributed by atoms with van der Waals surface area (Å²) < 4.78 is 0. The van der Waals surface area contributed by atoms with Crippen LogP contribution in [0.15, 0.2) is 34.3 Å². The molecule has 1 saturated carbocycles. The number of amides is 1. The Hall–Kier alpha value is -1.99. The Morgan fingerprint density at radius 2 is 1.89 bits per heavy atom. The minimum atomic E-state index is -0.563. The molecule has 0 atom stereocenters. The van der Waals surface area contributed by atoms with E-state index in [1.165, 1.54) is 50.3 Å². The monoisotopic (exact) mass is 417 g/mol. The van der Waals surface area contributed by atoms with Gasteiger partial charge < -0.3 is 16.4 Å². The number of halogens is 1. The zero-order valence-corrected chi connectivity index (χ0v) is 17.2. The van der Waals surface area contributed by atoms with Crippen LogP contribution >= 0.6 is 23.4 Å². The van der Waals surface area contributed by atoms with Crippen molar-refractivity contribution in [2.75, 3.05) is 23.7 Å². The van der Waals surface area contributed by atoms with Crippen molar-refractivity contribution in [3.63, 3.8) is 0 Å². The van der Waals surface area contributed by atoms with Crippen molar-refractivity contribution in [2.45, 2.75) is 48.4 Å². The number of hydrogen-bond acceptors (Lipinski definition) is 6. The van der Waals surface area contributed by atoms with Gasteiger partial charge in [0.15, 0.2) is 5.82 Å². The van der Waals surface area contributed by atoms with E-state index in [1.807, 2.05) is 0 Å². The van der Waals surface area contributed by atoms with E-state index in [2.05, 4.69) is 14.9 Å². The maximum absolute atomic E-state index is 11.5. The highest BCUT2D eigenvalue weighted by atomic mass is 35.5. The van der Waals surface area contributed by atoms with Crippen LogP contribution in [0.25, 0.3) is 0 Å². The predicted octanol–water partition coefficient (Wildman–Crippen LogP) is 4.12. The third kappa shape index (κ3) is 3.78. The van der Waals surface area contributed by atoms with Gasteiger partial charge in [0.05, 0.1) is 16.8 Å². The molecule has 2 aromatic rings. The van der Waals surface area contributed by atoms with Crippen LogP contribution in [0.2, 0.25) is 5.02 Å². The Balaban J connectivity index is 1.48. The van der Waals surface area contributed by atoms with Gasteiger partial charge in [0.2, 0.25) is 5.91 Å². The fourth-order valence-electron chi connectivity index (χ4n) is 4.33. The molecule has 2 fully saturated rings. The Kier molecular flexibility index (Phi) is 5.38. The zero-order valence-electron chi connectivity index (χ0n) is 15.7. The van der Waals surface area contributed by atoms with Gasteiger partial charge in [-0.05, 0) is 43.2 Å². The van der Waals surface area contributed by atoms with Crippen molar-refractivity contribution in [2.24, 2.45) is 11.1 Å². The van der Waals surface area contributed by atoms with Crippen molar-refractivity contribution in [3.8, 4) is 0 Å². The Labute approximate surface area is 174 Å². The van der Waals surface area contributed by atoms with Crippen LogP contribution in [0.5, 0.6) is 0 Å². The second kappa shape index (κ2) is 7.79. The van der Waals surface area contributed by atoms with Crippen LogP contribution in [0, 0.1) is 5.41 Å². The van der Waals surface area contributed by atoms with Crippen LogP contribution in [-0.4, -0.2) is 29.0 Å². The molecule has 0 unspecified atom stereocenters. The Bertz CT molecular complexity index is 890. The van der Waals surface area contributed by atoms with Gasteiger partial charge in [-0.1, -0.05) is 42.3 Å². The lowest BCUT2D eigenvalue weighted by Crippen LogP contribution is -2.39. The van der Waals surface area contributed by atoms with E-state index in [4.69, 9.17) is 23.1 Å². The molecule has 0 radical (unpaired) electrons. The van der Waals surface area contributed by atoms with Gasteiger partial charge in [-0.15, -0.1) is 0 Å². The lowest BCUT2D eigenvalue weighted by molar-refractivity contribution is 0.1000. The van der Waals surface area contributed by atoms with E-state index in [9.17, 15) is 4.79 Å². The molecule has 1 aliphatic carbocycles. The Morgan fingerprint density at radius 1 is 1.18 bits per heavy atom. The van der Waals surface area contributed by atoms with Gasteiger partial charge in [-0.3, -0.25) is 4.79 Å². The molecule has 2 aliphatic rings. The van der Waals surface area contributed by atoms with E-state index in [-0.39, 0.29) is 5.56 Å². The molecule has 2 heterocycles. The standard InChI is InChI=1S/C20H24ClN5OS/c21-16-13(18(23)27)4-3-5-14(16)28-19-17(22)25-15(12-24-19)26-10-8-20(9-11-26)6-1-2-7-20/h3-5,12H,1-2,6-11H2,(H2,22,25)(H2,23,27). The zero-order chi connectivity index (χ0) is 19.7. The minimum absolute atomic E-state index is 0.281. The fraction of sp³-hybridized carbons (Fsp3) is 0.450. The topological polar surface area (TPSA) is 98.1 Å². The second-order valence-corrected chi connectivity index (χ2v) is 9.11. The summed E-state index contributed by atoms with van der Waals surface area (Å²) in [6, 6.07) is 5.14. The number of carbonyl (C=O) groups excluding carboxylic acids is 1. The SMILES string of the molecule is NC(=O)c1cccc(Sc2ncc(N3CCC4(CCCC4)CC3)nc2N)c1Cl. The summed E-state index contributed by atoms with van der Waals surface area (Å²) in [7, 11) is 0. The fourth-order valence-corrected chi connectivity index (χ4v) is 5.48. The maximum Gasteiger partial charge on any atom is 0.250 e.